The Bertz CT molecular complexity index is 752. The lowest BCUT2D eigenvalue weighted by atomic mass is 10.2. The van der Waals surface area contributed by atoms with E-state index in [0.29, 0.717) is 33.0 Å². The molecule has 1 aromatic heterocycles. The molecule has 5 nitrogen and oxygen atoms in total. The van der Waals surface area contributed by atoms with E-state index in [9.17, 15) is 4.79 Å². The Morgan fingerprint density at radius 2 is 2.00 bits per heavy atom. The Hall–Kier alpha value is -1.53. The van der Waals surface area contributed by atoms with E-state index in [2.05, 4.69) is 10.4 Å². The monoisotopic (exact) mass is 387 g/mol. The molecule has 1 amide bonds. The molecule has 0 aliphatic heterocycles. The first-order valence-electron chi connectivity index (χ1n) is 7.16. The number of nitrogens with zero attached hydrogens (tertiary/aromatic N) is 2. The van der Waals surface area contributed by atoms with E-state index >= 15 is 0 Å². The minimum Gasteiger partial charge on any atom is -0.395 e. The van der Waals surface area contributed by atoms with E-state index in [1.165, 1.54) is 6.08 Å². The van der Waals surface area contributed by atoms with Gasteiger partial charge in [-0.1, -0.05) is 40.9 Å². The van der Waals surface area contributed by atoms with Crippen LogP contribution < -0.4 is 5.32 Å². The summed E-state index contributed by atoms with van der Waals surface area (Å²) in [6, 6.07) is 5.27. The first kappa shape index (κ1) is 18.8. The van der Waals surface area contributed by atoms with Crippen molar-refractivity contribution in [2.75, 3.05) is 13.2 Å². The highest BCUT2D eigenvalue weighted by Gasteiger charge is 2.14. The second-order valence-electron chi connectivity index (χ2n) is 5.00. The number of aromatic nitrogens is 2. The van der Waals surface area contributed by atoms with Crippen molar-refractivity contribution < 1.29 is 9.90 Å². The van der Waals surface area contributed by atoms with E-state index in [-0.39, 0.29) is 19.1 Å². The summed E-state index contributed by atoms with van der Waals surface area (Å²) in [5.41, 5.74) is 2.04. The summed E-state index contributed by atoms with van der Waals surface area (Å²) in [5.74, 6) is -0.318. The number of hydrogen-bond donors (Lipinski definition) is 2. The molecule has 2 N–H and O–H groups in total. The SMILES string of the molecule is Cc1nn(Cc2c(Cl)cccc2Cl)c(Cl)c1/C=C/C(=O)NCCO. The minimum atomic E-state index is -0.318. The van der Waals surface area contributed by atoms with Gasteiger partial charge in [-0.15, -0.1) is 0 Å². The largest absolute Gasteiger partial charge is 0.395 e. The molecule has 0 spiro atoms. The van der Waals surface area contributed by atoms with E-state index in [0.717, 1.165) is 5.56 Å². The summed E-state index contributed by atoms with van der Waals surface area (Å²) < 4.78 is 1.58. The van der Waals surface area contributed by atoms with Gasteiger partial charge >= 0.3 is 0 Å². The zero-order valence-electron chi connectivity index (χ0n) is 12.9. The quantitative estimate of drug-likeness (QED) is 0.746. The summed E-state index contributed by atoms with van der Waals surface area (Å²) in [7, 11) is 0. The second-order valence-corrected chi connectivity index (χ2v) is 6.17. The highest BCUT2D eigenvalue weighted by atomic mass is 35.5. The Balaban J connectivity index is 2.23. The Kier molecular flexibility index (Phi) is 6.69. The van der Waals surface area contributed by atoms with Gasteiger partial charge in [0, 0.05) is 33.8 Å². The van der Waals surface area contributed by atoms with Crippen molar-refractivity contribution >= 4 is 46.8 Å². The summed E-state index contributed by atoms with van der Waals surface area (Å²) >= 11 is 18.7. The van der Waals surface area contributed by atoms with E-state index < -0.39 is 0 Å². The predicted molar refractivity (Wildman–Crippen MR) is 96.7 cm³/mol. The van der Waals surface area contributed by atoms with Gasteiger partial charge in [-0.25, -0.2) is 4.68 Å². The van der Waals surface area contributed by atoms with Crippen LogP contribution >= 0.6 is 34.8 Å². The Morgan fingerprint density at radius 1 is 1.33 bits per heavy atom. The van der Waals surface area contributed by atoms with Gasteiger partial charge in [0.1, 0.15) is 5.15 Å². The number of amides is 1. The number of aliphatic hydroxyl groups excluding tert-OH is 1. The van der Waals surface area contributed by atoms with Crippen LogP contribution in [0.15, 0.2) is 24.3 Å². The molecular formula is C16H16Cl3N3O2. The van der Waals surface area contributed by atoms with Gasteiger partial charge in [0.05, 0.1) is 18.8 Å². The van der Waals surface area contributed by atoms with Gasteiger partial charge in [-0.3, -0.25) is 4.79 Å². The van der Waals surface area contributed by atoms with Crippen molar-refractivity contribution in [2.45, 2.75) is 13.5 Å². The fourth-order valence-electron chi connectivity index (χ4n) is 2.09. The molecule has 8 heteroatoms. The van der Waals surface area contributed by atoms with Gasteiger partial charge in [0.2, 0.25) is 5.91 Å². The zero-order chi connectivity index (χ0) is 17.7. The van der Waals surface area contributed by atoms with Gasteiger partial charge in [-0.2, -0.15) is 5.10 Å². The number of nitrogens with one attached hydrogen (secondary N) is 1. The van der Waals surface area contributed by atoms with E-state index in [4.69, 9.17) is 39.9 Å². The number of carbonyl (C=O) groups is 1. The lowest BCUT2D eigenvalue weighted by Gasteiger charge is -2.08. The maximum absolute atomic E-state index is 11.6. The first-order chi connectivity index (χ1) is 11.4. The summed E-state index contributed by atoms with van der Waals surface area (Å²) in [6.07, 6.45) is 2.93. The minimum absolute atomic E-state index is 0.115. The molecule has 0 fully saturated rings. The molecule has 2 rings (SSSR count). The van der Waals surface area contributed by atoms with Gasteiger partial charge in [0.25, 0.3) is 0 Å². The summed E-state index contributed by atoms with van der Waals surface area (Å²) in [4.78, 5) is 11.6. The second kappa shape index (κ2) is 8.53. The molecule has 0 aliphatic carbocycles. The molecular weight excluding hydrogens is 373 g/mol. The van der Waals surface area contributed by atoms with E-state index in [1.54, 1.807) is 35.9 Å². The topological polar surface area (TPSA) is 67.2 Å². The molecule has 128 valence electrons. The van der Waals surface area contributed by atoms with Gasteiger partial charge < -0.3 is 10.4 Å². The third-order valence-corrected chi connectivity index (χ3v) is 4.40. The normalized spacial score (nSPS) is 11.2. The average Bonchev–Trinajstić information content (AvgIpc) is 2.81. The van der Waals surface area contributed by atoms with Crippen LogP contribution in [-0.2, 0) is 11.3 Å². The fraction of sp³-hybridized carbons (Fsp3) is 0.250. The number of hydrogen-bond acceptors (Lipinski definition) is 3. The molecule has 2 aromatic rings. The van der Waals surface area contributed by atoms with Crippen LogP contribution in [0.4, 0.5) is 0 Å². The molecule has 0 radical (unpaired) electrons. The van der Waals surface area contributed by atoms with Crippen molar-refractivity contribution in [1.29, 1.82) is 0 Å². The van der Waals surface area contributed by atoms with Crippen molar-refractivity contribution in [1.82, 2.24) is 15.1 Å². The standard InChI is InChI=1S/C16H16Cl3N3O2/c1-10-11(5-6-15(24)20-7-8-23)16(19)22(21-10)9-12-13(17)3-2-4-14(12)18/h2-6,23H,7-9H2,1H3,(H,20,24)/b6-5+. The molecule has 24 heavy (non-hydrogen) atoms. The Labute approximate surface area is 154 Å². The van der Waals surface area contributed by atoms with Crippen LogP contribution in [0, 0.1) is 6.92 Å². The molecule has 0 bridgehead atoms. The maximum atomic E-state index is 11.6. The number of rotatable bonds is 6. The molecule has 0 aliphatic rings. The van der Waals surface area contributed by atoms with Crippen LogP contribution in [-0.4, -0.2) is 33.9 Å². The smallest absolute Gasteiger partial charge is 0.244 e. The predicted octanol–water partition coefficient (Wildman–Crippen LogP) is 3.32. The molecule has 1 aromatic carbocycles. The Morgan fingerprint density at radius 3 is 2.62 bits per heavy atom. The molecule has 1 heterocycles. The highest BCUT2D eigenvalue weighted by molar-refractivity contribution is 6.36. The maximum Gasteiger partial charge on any atom is 0.244 e. The number of aryl methyl sites for hydroxylation is 1. The first-order valence-corrected chi connectivity index (χ1v) is 8.30. The van der Waals surface area contributed by atoms with Crippen molar-refractivity contribution in [3.05, 3.63) is 56.3 Å². The lowest BCUT2D eigenvalue weighted by Crippen LogP contribution is -2.24. The molecule has 0 saturated carbocycles. The highest BCUT2D eigenvalue weighted by Crippen LogP contribution is 2.28. The van der Waals surface area contributed by atoms with E-state index in [1.807, 2.05) is 0 Å². The van der Waals surface area contributed by atoms with Crippen molar-refractivity contribution in [3.63, 3.8) is 0 Å². The van der Waals surface area contributed by atoms with Crippen molar-refractivity contribution in [2.24, 2.45) is 0 Å². The van der Waals surface area contributed by atoms with Crippen LogP contribution in [0.25, 0.3) is 6.08 Å². The number of aliphatic hydroxyl groups is 1. The summed E-state index contributed by atoms with van der Waals surface area (Å²) in [6.45, 7) is 2.20. The summed E-state index contributed by atoms with van der Waals surface area (Å²) in [5, 5.41) is 17.0. The lowest BCUT2D eigenvalue weighted by molar-refractivity contribution is -0.116. The number of benzene rings is 1. The fourth-order valence-corrected chi connectivity index (χ4v) is 2.91. The third kappa shape index (κ3) is 4.51. The van der Waals surface area contributed by atoms with Gasteiger partial charge in [-0.05, 0) is 25.1 Å². The average molecular weight is 389 g/mol. The van der Waals surface area contributed by atoms with Crippen LogP contribution in [0.2, 0.25) is 15.2 Å². The molecule has 0 saturated heterocycles. The molecule has 0 unspecified atom stereocenters. The molecule has 0 atom stereocenters. The number of carbonyl (C=O) groups excluding carboxylic acids is 1. The van der Waals surface area contributed by atoms with Crippen LogP contribution in [0.5, 0.6) is 0 Å². The van der Waals surface area contributed by atoms with Crippen LogP contribution in [0.3, 0.4) is 0 Å². The van der Waals surface area contributed by atoms with Crippen molar-refractivity contribution in [3.8, 4) is 0 Å². The van der Waals surface area contributed by atoms with Crippen LogP contribution in [0.1, 0.15) is 16.8 Å². The van der Waals surface area contributed by atoms with Gasteiger partial charge in [0.15, 0.2) is 0 Å². The number of halogens is 3. The zero-order valence-corrected chi connectivity index (χ0v) is 15.2. The third-order valence-electron chi connectivity index (χ3n) is 3.29.